The molecule has 0 spiro atoms. The van der Waals surface area contributed by atoms with Gasteiger partial charge in [0.2, 0.25) is 11.8 Å². The molecule has 390 valence electrons. The summed E-state index contributed by atoms with van der Waals surface area (Å²) < 4.78 is 53.7. The van der Waals surface area contributed by atoms with Crippen LogP contribution in [0.1, 0.15) is 83.6 Å². The second kappa shape index (κ2) is 23.6. The van der Waals surface area contributed by atoms with Crippen molar-refractivity contribution in [1.82, 2.24) is 10.6 Å². The van der Waals surface area contributed by atoms with Crippen LogP contribution < -0.4 is 16.4 Å². The molecule has 0 saturated carbocycles. The van der Waals surface area contributed by atoms with Crippen molar-refractivity contribution in [2.45, 2.75) is 120 Å². The van der Waals surface area contributed by atoms with Crippen molar-refractivity contribution in [3.63, 3.8) is 0 Å². The van der Waals surface area contributed by atoms with Crippen LogP contribution in [0.15, 0.2) is 146 Å². The Morgan fingerprint density at radius 1 is 0.534 bits per heavy atom. The summed E-state index contributed by atoms with van der Waals surface area (Å²) in [4.78, 5) is 45.2. The number of nitrogens with one attached hydrogen (secondary N) is 2. The first-order valence-corrected chi connectivity index (χ1v) is 28.3. The number of aliphatic hydroxyl groups excluding tert-OH is 2. The van der Waals surface area contributed by atoms with Crippen molar-refractivity contribution >= 4 is 58.8 Å². The highest BCUT2D eigenvalue weighted by atomic mass is 32.2. The first kappa shape index (κ1) is 56.5. The molecule has 0 saturated heterocycles. The fourth-order valence-electron chi connectivity index (χ4n) is 9.23. The molecule has 2 amide bonds. The number of hydrogen-bond donors (Lipinski definition) is 5. The first-order valence-electron chi connectivity index (χ1n) is 25.0. The van der Waals surface area contributed by atoms with Gasteiger partial charge in [-0.05, 0) is 111 Å². The molecule has 8 atom stereocenters. The van der Waals surface area contributed by atoms with Gasteiger partial charge >= 0.3 is 0 Å². The summed E-state index contributed by atoms with van der Waals surface area (Å²) in [5.41, 5.74) is 9.08. The van der Waals surface area contributed by atoms with Crippen molar-refractivity contribution in [2.24, 2.45) is 23.5 Å². The first-order chi connectivity index (χ1) is 34.3. The molecule has 0 radical (unpaired) electrons. The number of hydrogen-bond acceptors (Lipinski definition) is 10. The fraction of sp³-hybridized carbons (Fsp3) is 0.407. The van der Waals surface area contributed by atoms with Crippen LogP contribution in [0.3, 0.4) is 0 Å². The smallest absolute Gasteiger partial charge is 0.224 e. The molecule has 6 rings (SSSR count). The summed E-state index contributed by atoms with van der Waals surface area (Å²) in [5.74, 6) is -7.40. The van der Waals surface area contributed by atoms with E-state index in [1.54, 1.807) is 116 Å². The number of ketones is 1. The number of carbonyl (C=O) groups is 3. The summed E-state index contributed by atoms with van der Waals surface area (Å²) >= 11 is 0. The third kappa shape index (κ3) is 13.9. The van der Waals surface area contributed by atoms with Gasteiger partial charge in [-0.1, -0.05) is 159 Å². The van der Waals surface area contributed by atoms with E-state index in [1.807, 2.05) is 84.9 Å². The monoisotopic (exact) mass is 1030 g/mol. The van der Waals surface area contributed by atoms with Gasteiger partial charge in [0, 0.05) is 0 Å². The Bertz CT molecular complexity index is 3070. The molecule has 14 heteroatoms. The molecule has 0 aromatic heterocycles. The summed E-state index contributed by atoms with van der Waals surface area (Å²) in [6, 6.07) is 39.6. The van der Waals surface area contributed by atoms with Gasteiger partial charge in [-0.25, -0.2) is 16.8 Å². The van der Waals surface area contributed by atoms with Crippen LogP contribution in [0.25, 0.3) is 21.5 Å². The number of amides is 2. The molecular weight excluding hydrogens is 959 g/mol. The van der Waals surface area contributed by atoms with Gasteiger partial charge < -0.3 is 26.6 Å². The lowest BCUT2D eigenvalue weighted by Crippen LogP contribution is -2.61. The number of fused-ring (bicyclic) bond motifs is 2. The van der Waals surface area contributed by atoms with E-state index in [9.17, 15) is 36.6 Å². The number of benzene rings is 6. The topological polar surface area (TPSA) is 210 Å². The maximum Gasteiger partial charge on any atom is 0.224 e. The van der Waals surface area contributed by atoms with Gasteiger partial charge in [0.15, 0.2) is 25.5 Å². The van der Waals surface area contributed by atoms with E-state index in [2.05, 4.69) is 10.6 Å². The van der Waals surface area contributed by atoms with Gasteiger partial charge in [0.25, 0.3) is 0 Å². The highest BCUT2D eigenvalue weighted by molar-refractivity contribution is 7.93. The Morgan fingerprint density at radius 2 is 0.945 bits per heavy atom. The number of nitrogens with two attached hydrogens (primary N) is 1. The molecule has 0 aliphatic heterocycles. The van der Waals surface area contributed by atoms with Crippen molar-refractivity contribution in [3.05, 3.63) is 168 Å². The predicted octanol–water partition coefficient (Wildman–Crippen LogP) is 7.71. The van der Waals surface area contributed by atoms with Gasteiger partial charge in [0.1, 0.15) is 12.2 Å². The molecule has 0 heterocycles. The van der Waals surface area contributed by atoms with Gasteiger partial charge in [-0.3, -0.25) is 14.4 Å². The van der Waals surface area contributed by atoms with E-state index in [-0.39, 0.29) is 19.3 Å². The van der Waals surface area contributed by atoms with Crippen molar-refractivity contribution < 1.29 is 41.4 Å². The molecule has 0 aliphatic carbocycles. The largest absolute Gasteiger partial charge is 0.388 e. The van der Waals surface area contributed by atoms with Crippen LogP contribution >= 0.6 is 0 Å². The molecule has 6 N–H and O–H groups in total. The SMILES string of the molecule is CC(C)[C@H](N)C(=O)C(c1ccccc1)[C@H](NC(=O)[C@H](Cc1cccc2ccccc12)CS(=O)(=O)C(C)(C)C)[C@H](O)[C@@H](O)[C@H](Cc1ccccc1)NC(=O)[C@H](Cc1cccc2ccccc12)CS(=O)(=O)C(C)(C)C. The molecule has 12 nitrogen and oxygen atoms in total. The zero-order valence-corrected chi connectivity index (χ0v) is 44.9. The molecule has 6 aromatic rings. The van der Waals surface area contributed by atoms with Crippen LogP contribution in [-0.4, -0.2) is 96.0 Å². The van der Waals surface area contributed by atoms with E-state index >= 15 is 4.79 Å². The number of aliphatic hydroxyl groups is 2. The Kier molecular flexibility index (Phi) is 18.3. The third-order valence-corrected chi connectivity index (χ3v) is 19.5. The van der Waals surface area contributed by atoms with E-state index < -0.39 is 112 Å². The van der Waals surface area contributed by atoms with E-state index in [0.717, 1.165) is 27.1 Å². The number of Topliss-reactive ketones (excluding diaryl/α,β-unsaturated/α-hetero) is 1. The predicted molar refractivity (Wildman–Crippen MR) is 292 cm³/mol. The van der Waals surface area contributed by atoms with Gasteiger partial charge in [-0.15, -0.1) is 0 Å². The lowest BCUT2D eigenvalue weighted by atomic mass is 9.77. The van der Waals surface area contributed by atoms with Crippen LogP contribution in [0.4, 0.5) is 0 Å². The van der Waals surface area contributed by atoms with Crippen molar-refractivity contribution in [2.75, 3.05) is 11.5 Å². The Morgan fingerprint density at radius 3 is 1.40 bits per heavy atom. The van der Waals surface area contributed by atoms with Crippen LogP contribution in [0, 0.1) is 17.8 Å². The summed E-state index contributed by atoms with van der Waals surface area (Å²) in [7, 11) is -7.90. The zero-order valence-electron chi connectivity index (χ0n) is 43.2. The Hall–Kier alpha value is -5.77. The molecular formula is C59H73N3O9S2. The van der Waals surface area contributed by atoms with E-state index in [1.165, 1.54) is 0 Å². The average Bonchev–Trinajstić information content (AvgIpc) is 3.34. The minimum absolute atomic E-state index is 0.0190. The average molecular weight is 1030 g/mol. The Balaban J connectivity index is 1.47. The molecule has 73 heavy (non-hydrogen) atoms. The molecule has 0 fully saturated rings. The molecule has 0 aliphatic rings. The Labute approximate surface area is 432 Å². The minimum atomic E-state index is -3.98. The number of sulfone groups is 2. The molecule has 6 aromatic carbocycles. The summed E-state index contributed by atoms with van der Waals surface area (Å²) in [5, 5.41) is 35.0. The maximum atomic E-state index is 15.3. The van der Waals surface area contributed by atoms with E-state index in [4.69, 9.17) is 5.73 Å². The lowest BCUT2D eigenvalue weighted by molar-refractivity contribution is -0.132. The van der Waals surface area contributed by atoms with Crippen molar-refractivity contribution in [1.29, 1.82) is 0 Å². The third-order valence-electron chi connectivity index (χ3n) is 14.1. The normalized spacial score (nSPS) is 15.9. The zero-order chi connectivity index (χ0) is 53.5. The lowest BCUT2D eigenvalue weighted by Gasteiger charge is -2.38. The summed E-state index contributed by atoms with van der Waals surface area (Å²) in [6.07, 6.45) is -4.05. The number of carbonyl (C=O) groups excluding carboxylic acids is 3. The van der Waals surface area contributed by atoms with Crippen LogP contribution in [0.2, 0.25) is 0 Å². The summed E-state index contributed by atoms with van der Waals surface area (Å²) in [6.45, 7) is 12.9. The fourth-order valence-corrected chi connectivity index (χ4v) is 11.8. The standard InChI is InChI=1S/C59H73N3O9S2/c1-38(2)51(60)54(64)50(42-25-13-10-14-26-42)52(62-57(67)46(37-73(70,71)59(6,7)8)35-44-30-20-28-41-24-16-18-32-48(41)44)55(65)53(63)49(33-39-21-11-9-12-22-39)61-56(66)45(36-72(68,69)58(3,4)5)34-43-29-19-27-40-23-15-17-31-47(40)43/h9-32,38,45-46,49-53,55,63,65H,33-37,60H2,1-8H3,(H,61,66)(H,62,67)/t45-,46-,49+,50?,51+,52+,53+,55+/m1/s1. The minimum Gasteiger partial charge on any atom is -0.388 e. The van der Waals surface area contributed by atoms with Crippen LogP contribution in [0.5, 0.6) is 0 Å². The second-order valence-electron chi connectivity index (χ2n) is 21.7. The number of rotatable bonds is 22. The molecule has 0 bridgehead atoms. The van der Waals surface area contributed by atoms with Crippen LogP contribution in [-0.2, 0) is 53.3 Å². The second-order valence-corrected chi connectivity index (χ2v) is 27.3. The molecule has 1 unspecified atom stereocenters. The quantitative estimate of drug-likeness (QED) is 0.0447. The maximum absolute atomic E-state index is 15.3. The van der Waals surface area contributed by atoms with Crippen molar-refractivity contribution in [3.8, 4) is 0 Å². The highest BCUT2D eigenvalue weighted by Crippen LogP contribution is 2.32. The van der Waals surface area contributed by atoms with Gasteiger partial charge in [0.05, 0.1) is 56.9 Å². The van der Waals surface area contributed by atoms with Gasteiger partial charge in [-0.2, -0.15) is 0 Å². The van der Waals surface area contributed by atoms with E-state index in [0.29, 0.717) is 16.7 Å². The highest BCUT2D eigenvalue weighted by Gasteiger charge is 2.45.